The Bertz CT molecular complexity index is 2650. The third-order valence-electron chi connectivity index (χ3n) is 8.32. The van der Waals surface area contributed by atoms with E-state index in [9.17, 15) is 61.1 Å². The Balaban J connectivity index is 1.40. The average molecular weight is 964 g/mol. The summed E-state index contributed by atoms with van der Waals surface area (Å²) in [5.41, 5.74) is -2.25. The van der Waals surface area contributed by atoms with E-state index in [-0.39, 0.29) is 56.0 Å². The summed E-state index contributed by atoms with van der Waals surface area (Å²) in [7, 11) is -9.76. The molecular formula is C37H32Cl2F3N4O13PS2. The van der Waals surface area contributed by atoms with Gasteiger partial charge in [-0.25, -0.2) is 13.0 Å². The zero-order valence-corrected chi connectivity index (χ0v) is 35.7. The highest BCUT2D eigenvalue weighted by Crippen LogP contribution is 2.51. The van der Waals surface area contributed by atoms with Gasteiger partial charge in [0.15, 0.2) is 34.5 Å². The lowest BCUT2D eigenvalue weighted by Crippen LogP contribution is -2.37. The van der Waals surface area contributed by atoms with E-state index in [0.717, 1.165) is 36.4 Å². The van der Waals surface area contributed by atoms with Gasteiger partial charge in [-0.2, -0.15) is 23.2 Å². The Morgan fingerprint density at radius 2 is 1.35 bits per heavy atom. The number of thiophene rings is 1. The van der Waals surface area contributed by atoms with Crippen molar-refractivity contribution in [2.45, 2.75) is 36.3 Å². The maximum absolute atomic E-state index is 13.4. The number of nitrogens with one attached hydrogen (secondary N) is 3. The fourth-order valence-corrected chi connectivity index (χ4v) is 9.96. The molecular weight excluding hydrogens is 931 g/mol. The summed E-state index contributed by atoms with van der Waals surface area (Å²) in [6, 6.07) is 9.46. The van der Waals surface area contributed by atoms with Gasteiger partial charge in [-0.3, -0.25) is 9.59 Å². The van der Waals surface area contributed by atoms with Crippen LogP contribution in [-0.2, 0) is 20.8 Å². The Labute approximate surface area is 363 Å². The van der Waals surface area contributed by atoms with Crippen LogP contribution in [0.4, 0.5) is 13.2 Å². The molecule has 62 heavy (non-hydrogen) atoms. The molecule has 1 heterocycles. The molecule has 0 radical (unpaired) electrons. The molecule has 0 aliphatic carbocycles. The van der Waals surface area contributed by atoms with E-state index < -0.39 is 98.1 Å². The molecule has 0 bridgehead atoms. The minimum atomic E-state index is -5.04. The number of carbonyl (C=O) groups is 2. The van der Waals surface area contributed by atoms with E-state index in [2.05, 4.69) is 10.6 Å². The predicted octanol–water partition coefficient (Wildman–Crippen LogP) is 6.82. The number of hydrogen-bond acceptors (Lipinski definition) is 14. The molecule has 1 aromatic heterocycles. The van der Waals surface area contributed by atoms with E-state index >= 15 is 0 Å². The van der Waals surface area contributed by atoms with E-state index in [1.54, 1.807) is 0 Å². The van der Waals surface area contributed by atoms with Crippen LogP contribution in [-0.4, -0.2) is 77.1 Å². The maximum Gasteiger partial charge on any atom is 0.417 e. The Morgan fingerprint density at radius 3 is 1.84 bits per heavy atom. The molecule has 330 valence electrons. The normalized spacial score (nSPS) is 13.7. The topological polar surface area (TPSA) is 274 Å². The molecule has 17 nitrogen and oxygen atoms in total. The van der Waals surface area contributed by atoms with Gasteiger partial charge >= 0.3 is 13.8 Å². The van der Waals surface area contributed by atoms with Crippen molar-refractivity contribution in [2.24, 2.45) is 0 Å². The molecule has 2 amide bonds. The Morgan fingerprint density at radius 1 is 0.839 bits per heavy atom. The number of phenols is 4. The number of fused-ring (bicyclic) bond motifs is 1. The van der Waals surface area contributed by atoms with Crippen LogP contribution < -0.4 is 29.4 Å². The van der Waals surface area contributed by atoms with Crippen LogP contribution in [0.2, 0.25) is 10.0 Å². The fourth-order valence-electron chi connectivity index (χ4n) is 5.30. The molecule has 3 unspecified atom stereocenters. The van der Waals surface area contributed by atoms with Crippen LogP contribution in [0.3, 0.4) is 0 Å². The lowest BCUT2D eigenvalue weighted by molar-refractivity contribution is -0.137. The SMILES string of the molecule is CC(COc1c(OCC(C)NC(=O)c2ccc(O)c(O)c2)c(Cl)c2sc(S(=O)(=O)NCP(=O)(O)Oc3ccc(C#N)c(C(F)(F)F)c3)cc2c1Cl)NC(=O)c1ccc(O)c(O)c1. The Hall–Kier alpha value is -5.66. The van der Waals surface area contributed by atoms with Crippen molar-refractivity contribution in [3.8, 4) is 46.3 Å². The second-order valence-corrected chi connectivity index (χ2v) is 18.8. The summed E-state index contributed by atoms with van der Waals surface area (Å²) in [5.74, 6) is -4.59. The number of hydrogen-bond donors (Lipinski definition) is 8. The highest BCUT2D eigenvalue weighted by molar-refractivity contribution is 7.92. The number of ether oxygens (including phenoxy) is 2. The number of sulfonamides is 1. The largest absolute Gasteiger partial charge is 0.504 e. The molecule has 0 aliphatic heterocycles. The molecule has 0 saturated carbocycles. The summed E-state index contributed by atoms with van der Waals surface area (Å²) in [6.45, 7) is 2.42. The van der Waals surface area contributed by atoms with Crippen molar-refractivity contribution in [1.82, 2.24) is 15.4 Å². The molecule has 4 aromatic carbocycles. The predicted molar refractivity (Wildman–Crippen MR) is 218 cm³/mol. The van der Waals surface area contributed by atoms with Gasteiger partial charge in [0.1, 0.15) is 34.5 Å². The van der Waals surface area contributed by atoms with Gasteiger partial charge in [0.25, 0.3) is 21.8 Å². The first kappa shape index (κ1) is 47.4. The number of alkyl halides is 3. The van der Waals surface area contributed by atoms with Crippen LogP contribution in [0.25, 0.3) is 10.1 Å². The van der Waals surface area contributed by atoms with E-state index in [1.165, 1.54) is 32.0 Å². The molecule has 8 N–H and O–H groups in total. The third kappa shape index (κ3) is 11.2. The lowest BCUT2D eigenvalue weighted by atomic mass is 10.1. The highest BCUT2D eigenvalue weighted by atomic mass is 35.5. The number of amides is 2. The molecule has 25 heteroatoms. The zero-order valence-electron chi connectivity index (χ0n) is 31.7. The summed E-state index contributed by atoms with van der Waals surface area (Å²) < 4.78 is 98.1. The smallest absolute Gasteiger partial charge is 0.417 e. The quantitative estimate of drug-likeness (QED) is 0.0373. The lowest BCUT2D eigenvalue weighted by Gasteiger charge is -2.21. The minimum Gasteiger partial charge on any atom is -0.504 e. The number of halogens is 5. The minimum absolute atomic E-state index is 0.00447. The summed E-state index contributed by atoms with van der Waals surface area (Å²) in [5, 5.41) is 52.5. The second-order valence-electron chi connectivity index (χ2n) is 13.2. The molecule has 0 saturated heterocycles. The number of nitriles is 1. The number of rotatable bonds is 16. The van der Waals surface area contributed by atoms with Gasteiger partial charge in [-0.05, 0) is 74.5 Å². The first-order valence-corrected chi connectivity index (χ1v) is 22.2. The van der Waals surface area contributed by atoms with Crippen molar-refractivity contribution < 1.29 is 75.1 Å². The highest BCUT2D eigenvalue weighted by Gasteiger charge is 2.35. The molecule has 3 atom stereocenters. The van der Waals surface area contributed by atoms with Crippen molar-refractivity contribution in [2.75, 3.05) is 19.5 Å². The Kier molecular flexibility index (Phi) is 14.3. The van der Waals surface area contributed by atoms with Gasteiger partial charge < -0.3 is 50.0 Å². The second kappa shape index (κ2) is 18.8. The van der Waals surface area contributed by atoms with Crippen molar-refractivity contribution in [1.29, 1.82) is 5.26 Å². The van der Waals surface area contributed by atoms with Crippen LogP contribution >= 0.6 is 42.1 Å². The van der Waals surface area contributed by atoms with E-state index in [0.29, 0.717) is 23.5 Å². The van der Waals surface area contributed by atoms with Gasteiger partial charge in [0.05, 0.1) is 39.0 Å². The first-order chi connectivity index (χ1) is 28.9. The summed E-state index contributed by atoms with van der Waals surface area (Å²) in [6.07, 6.45) is -6.34. The van der Waals surface area contributed by atoms with Crippen LogP contribution in [0.15, 0.2) is 64.9 Å². The maximum atomic E-state index is 13.4. The van der Waals surface area contributed by atoms with Crippen molar-refractivity contribution in [3.63, 3.8) is 0 Å². The summed E-state index contributed by atoms with van der Waals surface area (Å²) >= 11 is 14.1. The third-order valence-corrected chi connectivity index (χ3v) is 13.5. The fraction of sp³-hybridized carbons (Fsp3) is 0.216. The van der Waals surface area contributed by atoms with E-state index in [4.69, 9.17) is 42.5 Å². The van der Waals surface area contributed by atoms with Gasteiger partial charge in [0, 0.05) is 16.5 Å². The standard InChI is InChI=1S/C37H32Cl2F3N4O13PS2/c1-17(45-35(51)19-4-7-25(47)27(49)9-19)14-57-32-30(38)23-12-29(62(55,56)44-16-60(53,54)59-22-6-3-21(13-43)24(11-22)37(40,41)42)61-34(23)31(39)33(32)58-15-18(2)46-36(52)20-5-8-26(48)28(50)10-20/h3-12,17-18,44,47-50H,14-16H2,1-2H3,(H,45,51)(H,46,52)(H,53,54). The molecule has 5 rings (SSSR count). The number of nitrogens with zero attached hydrogens (tertiary/aromatic N) is 1. The van der Waals surface area contributed by atoms with Crippen LogP contribution in [0, 0.1) is 11.3 Å². The first-order valence-electron chi connectivity index (χ1n) is 17.4. The average Bonchev–Trinajstić information content (AvgIpc) is 3.67. The molecule has 0 spiro atoms. The van der Waals surface area contributed by atoms with Crippen molar-refractivity contribution in [3.05, 3.63) is 93.0 Å². The summed E-state index contributed by atoms with van der Waals surface area (Å²) in [4.78, 5) is 36.0. The monoisotopic (exact) mass is 962 g/mol. The van der Waals surface area contributed by atoms with Crippen LogP contribution in [0.1, 0.15) is 45.7 Å². The molecule has 5 aromatic rings. The molecule has 0 aliphatic rings. The number of aromatic hydroxyl groups is 4. The number of phenolic OH excluding ortho intramolecular Hbond substituents is 4. The van der Waals surface area contributed by atoms with Crippen molar-refractivity contribution >= 4 is 74.1 Å². The number of benzene rings is 4. The van der Waals surface area contributed by atoms with Crippen LogP contribution in [0.5, 0.6) is 40.2 Å². The molecule has 0 fully saturated rings. The van der Waals surface area contributed by atoms with Gasteiger partial charge in [-0.1, -0.05) is 23.2 Å². The number of carbonyl (C=O) groups excluding carboxylic acids is 2. The van der Waals surface area contributed by atoms with Gasteiger partial charge in [0.2, 0.25) is 0 Å². The van der Waals surface area contributed by atoms with E-state index in [1.807, 2.05) is 4.72 Å². The zero-order chi connectivity index (χ0) is 45.9. The van der Waals surface area contributed by atoms with Gasteiger partial charge in [-0.15, -0.1) is 11.3 Å².